The Labute approximate surface area is 258 Å². The highest BCUT2D eigenvalue weighted by atomic mass is 32.1. The molecule has 0 aromatic carbocycles. The smallest absolute Gasteiger partial charge is 0.308 e. The zero-order chi connectivity index (χ0) is 29.9. The molecular formula is C34H42N4O4S. The molecule has 0 atom stereocenters. The number of anilines is 1. The number of amides is 1. The number of rotatable bonds is 9. The van der Waals surface area contributed by atoms with Gasteiger partial charge in [0, 0.05) is 42.4 Å². The van der Waals surface area contributed by atoms with Gasteiger partial charge in [0.2, 0.25) is 5.91 Å². The van der Waals surface area contributed by atoms with Crippen molar-refractivity contribution in [3.05, 3.63) is 53.1 Å². The van der Waals surface area contributed by atoms with Gasteiger partial charge < -0.3 is 9.47 Å². The van der Waals surface area contributed by atoms with E-state index >= 15 is 0 Å². The number of esters is 1. The largest absolute Gasteiger partial charge is 0.495 e. The van der Waals surface area contributed by atoms with Gasteiger partial charge in [-0.25, -0.2) is 9.97 Å². The van der Waals surface area contributed by atoms with E-state index in [2.05, 4.69) is 17.1 Å². The van der Waals surface area contributed by atoms with Crippen LogP contribution >= 0.6 is 11.3 Å². The fourth-order valence-electron chi connectivity index (χ4n) is 6.83. The fraction of sp³-hybridized carbons (Fsp3) is 0.559. The number of hydrogen-bond acceptors (Lipinski definition) is 8. The van der Waals surface area contributed by atoms with Crippen molar-refractivity contribution >= 4 is 29.0 Å². The molecule has 3 saturated carbocycles. The van der Waals surface area contributed by atoms with Gasteiger partial charge in [-0.1, -0.05) is 0 Å². The summed E-state index contributed by atoms with van der Waals surface area (Å²) in [7, 11) is 3.12. The van der Waals surface area contributed by atoms with E-state index in [1.165, 1.54) is 25.0 Å². The number of aryl methyl sites for hydroxylation is 1. The van der Waals surface area contributed by atoms with Crippen molar-refractivity contribution in [1.29, 1.82) is 0 Å². The van der Waals surface area contributed by atoms with E-state index in [1.54, 1.807) is 18.4 Å². The van der Waals surface area contributed by atoms with E-state index in [-0.39, 0.29) is 23.7 Å². The Morgan fingerprint density at radius 2 is 1.63 bits per heavy atom. The number of thiazole rings is 1. The molecule has 0 aliphatic heterocycles. The number of hydrogen-bond donors (Lipinski definition) is 0. The third-order valence-electron chi connectivity index (χ3n) is 9.62. The summed E-state index contributed by atoms with van der Waals surface area (Å²) in [6.07, 6.45) is 13.2. The normalized spacial score (nSPS) is 23.9. The molecule has 6 rings (SSSR count). The highest BCUT2D eigenvalue weighted by Crippen LogP contribution is 2.44. The molecule has 0 radical (unpaired) electrons. The molecule has 1 amide bonds. The summed E-state index contributed by atoms with van der Waals surface area (Å²) >= 11 is 1.76. The Morgan fingerprint density at radius 3 is 2.30 bits per heavy atom. The van der Waals surface area contributed by atoms with Gasteiger partial charge in [0.25, 0.3) is 0 Å². The van der Waals surface area contributed by atoms with E-state index in [4.69, 9.17) is 19.4 Å². The lowest BCUT2D eigenvalue weighted by Gasteiger charge is -2.35. The third-order valence-corrected chi connectivity index (χ3v) is 10.8. The number of carbonyl (C=O) groups excluding carboxylic acids is 2. The molecule has 8 nitrogen and oxygen atoms in total. The fourth-order valence-corrected chi connectivity index (χ4v) is 7.91. The van der Waals surface area contributed by atoms with Crippen molar-refractivity contribution in [1.82, 2.24) is 15.0 Å². The lowest BCUT2D eigenvalue weighted by Crippen LogP contribution is -2.42. The van der Waals surface area contributed by atoms with Crippen LogP contribution in [0, 0.1) is 24.7 Å². The maximum Gasteiger partial charge on any atom is 0.308 e. The first-order chi connectivity index (χ1) is 20.9. The van der Waals surface area contributed by atoms with Crippen molar-refractivity contribution in [3.8, 4) is 16.2 Å². The number of carbonyl (C=O) groups is 2. The average Bonchev–Trinajstić information content (AvgIpc) is 3.79. The van der Waals surface area contributed by atoms with Gasteiger partial charge in [0.05, 0.1) is 35.7 Å². The Morgan fingerprint density at radius 1 is 0.907 bits per heavy atom. The van der Waals surface area contributed by atoms with Crippen LogP contribution in [-0.2, 0) is 14.3 Å². The highest BCUT2D eigenvalue weighted by molar-refractivity contribution is 7.15. The summed E-state index contributed by atoms with van der Waals surface area (Å²) in [5, 5.41) is 1.21. The monoisotopic (exact) mass is 602 g/mol. The van der Waals surface area contributed by atoms with Crippen LogP contribution < -0.4 is 9.64 Å². The van der Waals surface area contributed by atoms with Gasteiger partial charge >= 0.3 is 5.97 Å². The topological polar surface area (TPSA) is 94.5 Å². The SMILES string of the molecule is COc1ccc([C@H]2CC[C@H](CN(c3cc(-c4cnc(C5CC5)s4)ccn3)C(=O)[C@H]3CC[C@H](C(=O)OC)CC3)CC2)nc1C. The Kier molecular flexibility index (Phi) is 9.07. The molecule has 3 heterocycles. The molecule has 3 fully saturated rings. The number of ether oxygens (including phenoxy) is 2. The molecule has 0 spiro atoms. The van der Waals surface area contributed by atoms with E-state index in [0.717, 1.165) is 53.3 Å². The van der Waals surface area contributed by atoms with Gasteiger partial charge in [0.15, 0.2) is 0 Å². The van der Waals surface area contributed by atoms with Gasteiger partial charge in [0.1, 0.15) is 11.6 Å². The molecule has 43 heavy (non-hydrogen) atoms. The molecule has 0 saturated heterocycles. The van der Waals surface area contributed by atoms with Crippen molar-refractivity contribution in [2.24, 2.45) is 17.8 Å². The number of methoxy groups -OCH3 is 2. The molecular weight excluding hydrogens is 560 g/mol. The maximum atomic E-state index is 14.2. The second-order valence-corrected chi connectivity index (χ2v) is 13.6. The standard InChI is InChI=1S/C34H42N4O4S/c1-21-29(41-2)15-14-28(37-21)23-6-4-22(5-7-23)20-38(33(39)25-10-12-26(13-11-25)34(40)42-3)31-18-27(16-17-35-31)30-19-36-32(43-30)24-8-9-24/h14-19,22-26H,4-13,20H2,1-3H3/t22-,23-,25-,26-. The summed E-state index contributed by atoms with van der Waals surface area (Å²) in [5.74, 6) is 2.72. The van der Waals surface area contributed by atoms with E-state index in [1.807, 2.05) is 36.4 Å². The zero-order valence-corrected chi connectivity index (χ0v) is 26.3. The number of nitrogens with zero attached hydrogens (tertiary/aromatic N) is 4. The van der Waals surface area contributed by atoms with Crippen molar-refractivity contribution in [2.45, 2.75) is 83.0 Å². The lowest BCUT2D eigenvalue weighted by atomic mass is 9.79. The van der Waals surface area contributed by atoms with Crippen LogP contribution in [0.2, 0.25) is 0 Å². The van der Waals surface area contributed by atoms with Crippen molar-refractivity contribution in [3.63, 3.8) is 0 Å². The second-order valence-electron chi connectivity index (χ2n) is 12.5. The summed E-state index contributed by atoms with van der Waals surface area (Å²) in [5.41, 5.74) is 3.12. The van der Waals surface area contributed by atoms with Gasteiger partial charge in [-0.3, -0.25) is 19.5 Å². The van der Waals surface area contributed by atoms with Gasteiger partial charge in [-0.05, 0) is 107 Å². The Bertz CT molecular complexity index is 1440. The third kappa shape index (κ3) is 6.77. The minimum atomic E-state index is -0.162. The number of pyridine rings is 2. The predicted molar refractivity (Wildman–Crippen MR) is 167 cm³/mol. The molecule has 3 aromatic rings. The van der Waals surface area contributed by atoms with E-state index in [9.17, 15) is 9.59 Å². The molecule has 9 heteroatoms. The maximum absolute atomic E-state index is 14.2. The molecule has 0 N–H and O–H groups in total. The van der Waals surface area contributed by atoms with Crippen LogP contribution in [0.1, 0.15) is 92.4 Å². The first-order valence-corrected chi connectivity index (χ1v) is 16.6. The highest BCUT2D eigenvalue weighted by Gasteiger charge is 2.35. The summed E-state index contributed by atoms with van der Waals surface area (Å²) in [6.45, 7) is 2.65. The van der Waals surface area contributed by atoms with Crippen LogP contribution in [-0.4, -0.2) is 47.6 Å². The van der Waals surface area contributed by atoms with Crippen LogP contribution in [0.25, 0.3) is 10.4 Å². The molecule has 0 bridgehead atoms. The summed E-state index contributed by atoms with van der Waals surface area (Å²) in [4.78, 5) is 43.6. The first kappa shape index (κ1) is 29.7. The molecule has 3 aliphatic rings. The van der Waals surface area contributed by atoms with Crippen LogP contribution in [0.3, 0.4) is 0 Å². The average molecular weight is 603 g/mol. The number of aromatic nitrogens is 3. The van der Waals surface area contributed by atoms with Gasteiger partial charge in [-0.15, -0.1) is 11.3 Å². The minimum absolute atomic E-state index is 0.110. The quantitative estimate of drug-likeness (QED) is 0.242. The van der Waals surface area contributed by atoms with Crippen molar-refractivity contribution < 1.29 is 19.1 Å². The summed E-state index contributed by atoms with van der Waals surface area (Å²) in [6, 6.07) is 8.21. The second kappa shape index (κ2) is 13.1. The van der Waals surface area contributed by atoms with Crippen LogP contribution in [0.15, 0.2) is 36.7 Å². The molecule has 3 aromatic heterocycles. The van der Waals surface area contributed by atoms with Crippen LogP contribution in [0.5, 0.6) is 5.75 Å². The molecule has 228 valence electrons. The molecule has 0 unspecified atom stereocenters. The predicted octanol–water partition coefficient (Wildman–Crippen LogP) is 7.08. The molecule has 3 aliphatic carbocycles. The van der Waals surface area contributed by atoms with E-state index in [0.29, 0.717) is 55.8 Å². The van der Waals surface area contributed by atoms with Crippen molar-refractivity contribution in [2.75, 3.05) is 25.7 Å². The first-order valence-electron chi connectivity index (χ1n) is 15.8. The summed E-state index contributed by atoms with van der Waals surface area (Å²) < 4.78 is 10.4. The minimum Gasteiger partial charge on any atom is -0.495 e. The van der Waals surface area contributed by atoms with Gasteiger partial charge in [-0.2, -0.15) is 0 Å². The Hall–Kier alpha value is -3.33. The lowest BCUT2D eigenvalue weighted by molar-refractivity contribution is -0.147. The zero-order valence-electron chi connectivity index (χ0n) is 25.5. The van der Waals surface area contributed by atoms with Crippen LogP contribution in [0.4, 0.5) is 5.82 Å². The van der Waals surface area contributed by atoms with E-state index < -0.39 is 0 Å². The Balaban J connectivity index is 1.19.